The molecule has 0 radical (unpaired) electrons. The van der Waals surface area contributed by atoms with Crippen molar-refractivity contribution < 1.29 is 0 Å². The summed E-state index contributed by atoms with van der Waals surface area (Å²) in [6.45, 7) is 0. The Morgan fingerprint density at radius 3 is 2.50 bits per heavy atom. The molecule has 2 N–H and O–H groups in total. The van der Waals surface area contributed by atoms with Crippen LogP contribution in [0.15, 0.2) is 24.3 Å². The van der Waals surface area contributed by atoms with Gasteiger partial charge in [-0.2, -0.15) is 0 Å². The molecule has 1 aromatic rings. The molecule has 0 unspecified atom stereocenters. The number of nitrogens with zero attached hydrogens (tertiary/aromatic N) is 1. The van der Waals surface area contributed by atoms with Crippen LogP contribution in [0.4, 0.5) is 11.4 Å². The van der Waals surface area contributed by atoms with Gasteiger partial charge in [0.25, 0.3) is 0 Å². The molecule has 14 heavy (non-hydrogen) atoms. The summed E-state index contributed by atoms with van der Waals surface area (Å²) < 4.78 is 0. The van der Waals surface area contributed by atoms with Crippen LogP contribution in [-0.4, -0.2) is 13.1 Å². The zero-order valence-corrected chi connectivity index (χ0v) is 8.74. The first kappa shape index (κ1) is 9.38. The fourth-order valence-electron chi connectivity index (χ4n) is 2.30. The molecule has 0 heterocycles. The molecule has 0 saturated heterocycles. The van der Waals surface area contributed by atoms with Crippen molar-refractivity contribution in [3.8, 4) is 0 Å². The average Bonchev–Trinajstić information content (AvgIpc) is 2.70. The highest BCUT2D eigenvalue weighted by molar-refractivity contribution is 5.67. The van der Waals surface area contributed by atoms with Crippen LogP contribution in [-0.2, 0) is 0 Å². The zero-order valence-electron chi connectivity index (χ0n) is 8.74. The van der Waals surface area contributed by atoms with Gasteiger partial charge in [0.15, 0.2) is 0 Å². The molecule has 0 aromatic heterocycles. The molecule has 76 valence electrons. The Balaban J connectivity index is 2.17. The van der Waals surface area contributed by atoms with Gasteiger partial charge < -0.3 is 10.6 Å². The van der Waals surface area contributed by atoms with E-state index in [0.29, 0.717) is 6.04 Å². The van der Waals surface area contributed by atoms with Crippen molar-refractivity contribution >= 4 is 11.4 Å². The first-order valence-electron chi connectivity index (χ1n) is 5.36. The Bertz CT molecular complexity index is 303. The molecule has 0 atom stereocenters. The normalized spacial score (nSPS) is 17.2. The van der Waals surface area contributed by atoms with Gasteiger partial charge in [0.2, 0.25) is 0 Å². The van der Waals surface area contributed by atoms with Crippen molar-refractivity contribution in [3.05, 3.63) is 24.3 Å². The van der Waals surface area contributed by atoms with Gasteiger partial charge in [-0.1, -0.05) is 25.0 Å². The van der Waals surface area contributed by atoms with Crippen LogP contribution in [0.2, 0.25) is 0 Å². The lowest BCUT2D eigenvalue weighted by atomic mass is 10.2. The molecule has 2 nitrogen and oxygen atoms in total. The van der Waals surface area contributed by atoms with Gasteiger partial charge in [-0.15, -0.1) is 0 Å². The Hall–Kier alpha value is -1.18. The maximum Gasteiger partial charge on any atom is 0.0599 e. The molecule has 0 amide bonds. The van der Waals surface area contributed by atoms with Crippen LogP contribution in [0.5, 0.6) is 0 Å². The van der Waals surface area contributed by atoms with Gasteiger partial charge in [0, 0.05) is 13.1 Å². The highest BCUT2D eigenvalue weighted by Gasteiger charge is 2.20. The van der Waals surface area contributed by atoms with E-state index in [0.717, 1.165) is 5.69 Å². The number of benzene rings is 1. The van der Waals surface area contributed by atoms with E-state index < -0.39 is 0 Å². The predicted octanol–water partition coefficient (Wildman–Crippen LogP) is 2.65. The van der Waals surface area contributed by atoms with Crippen LogP contribution in [0.25, 0.3) is 0 Å². The van der Waals surface area contributed by atoms with Crippen LogP contribution in [0.3, 0.4) is 0 Å². The van der Waals surface area contributed by atoms with Crippen molar-refractivity contribution in [3.63, 3.8) is 0 Å². The van der Waals surface area contributed by atoms with Crippen LogP contribution < -0.4 is 10.6 Å². The highest BCUT2D eigenvalue weighted by Crippen LogP contribution is 2.29. The Kier molecular flexibility index (Phi) is 2.62. The molecule has 1 aliphatic carbocycles. The third-order valence-electron chi connectivity index (χ3n) is 3.19. The Morgan fingerprint density at radius 1 is 1.21 bits per heavy atom. The first-order valence-corrected chi connectivity index (χ1v) is 5.36. The molecule has 1 saturated carbocycles. The van der Waals surface area contributed by atoms with Crippen molar-refractivity contribution in [1.29, 1.82) is 0 Å². The lowest BCUT2D eigenvalue weighted by Gasteiger charge is -2.27. The monoisotopic (exact) mass is 190 g/mol. The van der Waals surface area contributed by atoms with Crippen LogP contribution in [0.1, 0.15) is 25.7 Å². The summed E-state index contributed by atoms with van der Waals surface area (Å²) in [6.07, 6.45) is 5.35. The minimum Gasteiger partial charge on any atom is -0.397 e. The van der Waals surface area contributed by atoms with Crippen LogP contribution in [0, 0.1) is 0 Å². The molecule has 0 bridgehead atoms. The number of para-hydroxylation sites is 2. The van der Waals surface area contributed by atoms with Gasteiger partial charge in [-0.3, -0.25) is 0 Å². The molecule has 1 aliphatic rings. The molecule has 0 aliphatic heterocycles. The molecular formula is C12H18N2. The Labute approximate surface area is 85.7 Å². The maximum absolute atomic E-state index is 5.95. The van der Waals surface area contributed by atoms with Gasteiger partial charge >= 0.3 is 0 Å². The molecule has 2 heteroatoms. The second-order valence-corrected chi connectivity index (χ2v) is 4.11. The number of hydrogen-bond donors (Lipinski definition) is 1. The standard InChI is InChI=1S/C12H18N2/c1-14(10-6-2-3-7-10)12-9-5-4-8-11(12)13/h4-5,8-10H,2-3,6-7,13H2,1H3. The second-order valence-electron chi connectivity index (χ2n) is 4.11. The molecule has 0 spiro atoms. The van der Waals surface area contributed by atoms with E-state index in [4.69, 9.17) is 5.73 Å². The molecule has 2 rings (SSSR count). The number of nitrogens with two attached hydrogens (primary N) is 1. The summed E-state index contributed by atoms with van der Waals surface area (Å²) in [5, 5.41) is 0. The Morgan fingerprint density at radius 2 is 1.86 bits per heavy atom. The number of rotatable bonds is 2. The highest BCUT2D eigenvalue weighted by atomic mass is 15.1. The third kappa shape index (κ3) is 1.69. The second kappa shape index (κ2) is 3.91. The summed E-state index contributed by atoms with van der Waals surface area (Å²) in [5.74, 6) is 0. The van der Waals surface area contributed by atoms with E-state index >= 15 is 0 Å². The summed E-state index contributed by atoms with van der Waals surface area (Å²) in [7, 11) is 2.15. The largest absolute Gasteiger partial charge is 0.397 e. The third-order valence-corrected chi connectivity index (χ3v) is 3.19. The molecule has 1 fully saturated rings. The zero-order chi connectivity index (χ0) is 9.97. The van der Waals surface area contributed by atoms with Crippen molar-refractivity contribution in [2.75, 3.05) is 17.7 Å². The van der Waals surface area contributed by atoms with E-state index in [1.165, 1.54) is 31.4 Å². The number of nitrogen functional groups attached to an aromatic ring is 1. The summed E-state index contributed by atoms with van der Waals surface area (Å²) in [5.41, 5.74) is 8.02. The minimum atomic E-state index is 0.694. The van der Waals surface area contributed by atoms with Gasteiger partial charge in [0.1, 0.15) is 0 Å². The smallest absolute Gasteiger partial charge is 0.0599 e. The maximum atomic E-state index is 5.95. The quantitative estimate of drug-likeness (QED) is 0.726. The van der Waals surface area contributed by atoms with Crippen molar-refractivity contribution in [2.45, 2.75) is 31.7 Å². The predicted molar refractivity (Wildman–Crippen MR) is 61.5 cm³/mol. The topological polar surface area (TPSA) is 29.3 Å². The fourth-order valence-corrected chi connectivity index (χ4v) is 2.30. The van der Waals surface area contributed by atoms with E-state index in [1.54, 1.807) is 0 Å². The fraction of sp³-hybridized carbons (Fsp3) is 0.500. The van der Waals surface area contributed by atoms with E-state index in [-0.39, 0.29) is 0 Å². The summed E-state index contributed by atoms with van der Waals surface area (Å²) in [4.78, 5) is 2.34. The van der Waals surface area contributed by atoms with Crippen LogP contribution >= 0.6 is 0 Å². The van der Waals surface area contributed by atoms with Gasteiger partial charge in [-0.05, 0) is 25.0 Å². The number of hydrogen-bond acceptors (Lipinski definition) is 2. The SMILES string of the molecule is CN(c1ccccc1N)C1CCCC1. The molecule has 1 aromatic carbocycles. The first-order chi connectivity index (χ1) is 6.79. The van der Waals surface area contributed by atoms with Gasteiger partial charge in [-0.25, -0.2) is 0 Å². The van der Waals surface area contributed by atoms with Crippen molar-refractivity contribution in [1.82, 2.24) is 0 Å². The lowest BCUT2D eigenvalue weighted by Crippen LogP contribution is -2.29. The van der Waals surface area contributed by atoms with Gasteiger partial charge in [0.05, 0.1) is 11.4 Å². The van der Waals surface area contributed by atoms with E-state index in [9.17, 15) is 0 Å². The van der Waals surface area contributed by atoms with E-state index in [1.807, 2.05) is 12.1 Å². The van der Waals surface area contributed by atoms with E-state index in [2.05, 4.69) is 24.1 Å². The summed E-state index contributed by atoms with van der Waals surface area (Å²) >= 11 is 0. The number of anilines is 2. The average molecular weight is 190 g/mol. The summed E-state index contributed by atoms with van der Waals surface area (Å²) in [6, 6.07) is 8.81. The van der Waals surface area contributed by atoms with Crippen molar-refractivity contribution in [2.24, 2.45) is 0 Å². The lowest BCUT2D eigenvalue weighted by molar-refractivity contribution is 0.654. The molecular weight excluding hydrogens is 172 g/mol. The minimum absolute atomic E-state index is 0.694.